The van der Waals surface area contributed by atoms with E-state index in [2.05, 4.69) is 22.9 Å². The van der Waals surface area contributed by atoms with Gasteiger partial charge in [-0.15, -0.1) is 0 Å². The van der Waals surface area contributed by atoms with Crippen LogP contribution in [0.5, 0.6) is 0 Å². The standard InChI is InChI=1S/C12H27N3/c1-3-8-14-11-6-4-5-7-12(11)15-10-9-13-2/h11-15H,3-10H2,1-2H3. The Morgan fingerprint density at radius 3 is 2.07 bits per heavy atom. The van der Waals surface area contributed by atoms with Crippen LogP contribution in [0.25, 0.3) is 0 Å². The highest BCUT2D eigenvalue weighted by Gasteiger charge is 2.23. The van der Waals surface area contributed by atoms with Crippen LogP contribution in [0.2, 0.25) is 0 Å². The molecule has 0 heterocycles. The maximum atomic E-state index is 3.67. The lowest BCUT2D eigenvalue weighted by Gasteiger charge is -2.33. The number of hydrogen-bond acceptors (Lipinski definition) is 3. The lowest BCUT2D eigenvalue weighted by molar-refractivity contribution is 0.285. The summed E-state index contributed by atoms with van der Waals surface area (Å²) < 4.78 is 0. The van der Waals surface area contributed by atoms with E-state index in [0.717, 1.165) is 19.6 Å². The van der Waals surface area contributed by atoms with E-state index in [1.165, 1.54) is 32.1 Å². The van der Waals surface area contributed by atoms with E-state index < -0.39 is 0 Å². The van der Waals surface area contributed by atoms with Crippen LogP contribution >= 0.6 is 0 Å². The van der Waals surface area contributed by atoms with Gasteiger partial charge in [-0.1, -0.05) is 19.8 Å². The van der Waals surface area contributed by atoms with Gasteiger partial charge in [-0.05, 0) is 32.9 Å². The van der Waals surface area contributed by atoms with Crippen molar-refractivity contribution in [3.8, 4) is 0 Å². The normalized spacial score (nSPS) is 26.8. The molecule has 2 atom stereocenters. The Hall–Kier alpha value is -0.120. The highest BCUT2D eigenvalue weighted by atomic mass is 15.0. The zero-order chi connectivity index (χ0) is 10.9. The van der Waals surface area contributed by atoms with Gasteiger partial charge in [-0.2, -0.15) is 0 Å². The Morgan fingerprint density at radius 1 is 0.933 bits per heavy atom. The summed E-state index contributed by atoms with van der Waals surface area (Å²) in [6.07, 6.45) is 6.70. The van der Waals surface area contributed by atoms with Crippen molar-refractivity contribution < 1.29 is 0 Å². The van der Waals surface area contributed by atoms with Crippen LogP contribution < -0.4 is 16.0 Å². The first-order chi connectivity index (χ1) is 7.38. The van der Waals surface area contributed by atoms with Crippen LogP contribution in [0.15, 0.2) is 0 Å². The second-order valence-corrected chi connectivity index (χ2v) is 4.51. The fourth-order valence-electron chi connectivity index (χ4n) is 2.33. The van der Waals surface area contributed by atoms with E-state index in [4.69, 9.17) is 0 Å². The summed E-state index contributed by atoms with van der Waals surface area (Å²) in [4.78, 5) is 0. The van der Waals surface area contributed by atoms with E-state index in [9.17, 15) is 0 Å². The van der Waals surface area contributed by atoms with E-state index in [0.29, 0.717) is 12.1 Å². The largest absolute Gasteiger partial charge is 0.318 e. The quantitative estimate of drug-likeness (QED) is 0.554. The summed E-state index contributed by atoms with van der Waals surface area (Å²) in [5, 5.41) is 10.5. The molecule has 0 spiro atoms. The van der Waals surface area contributed by atoms with Crippen LogP contribution in [0.1, 0.15) is 39.0 Å². The summed E-state index contributed by atoms with van der Waals surface area (Å²) in [6.45, 7) is 5.55. The average molecular weight is 213 g/mol. The Labute approximate surface area is 94.4 Å². The van der Waals surface area contributed by atoms with E-state index >= 15 is 0 Å². The highest BCUT2D eigenvalue weighted by Crippen LogP contribution is 2.18. The van der Waals surface area contributed by atoms with Gasteiger partial charge in [0, 0.05) is 25.2 Å². The van der Waals surface area contributed by atoms with E-state index in [1.54, 1.807) is 0 Å². The lowest BCUT2D eigenvalue weighted by Crippen LogP contribution is -2.51. The van der Waals surface area contributed by atoms with Gasteiger partial charge in [-0.25, -0.2) is 0 Å². The van der Waals surface area contributed by atoms with Gasteiger partial charge < -0.3 is 16.0 Å². The fraction of sp³-hybridized carbons (Fsp3) is 1.00. The molecule has 15 heavy (non-hydrogen) atoms. The number of likely N-dealkylation sites (N-methyl/N-ethyl adjacent to an activating group) is 1. The number of nitrogens with one attached hydrogen (secondary N) is 3. The van der Waals surface area contributed by atoms with Crippen molar-refractivity contribution in [1.29, 1.82) is 0 Å². The van der Waals surface area contributed by atoms with Gasteiger partial charge in [-0.3, -0.25) is 0 Å². The molecule has 3 heteroatoms. The van der Waals surface area contributed by atoms with Gasteiger partial charge >= 0.3 is 0 Å². The predicted octanol–water partition coefficient (Wildman–Crippen LogP) is 1.11. The molecule has 1 rings (SSSR count). The van der Waals surface area contributed by atoms with Gasteiger partial charge in [0.05, 0.1) is 0 Å². The molecule has 1 aliphatic carbocycles. The number of rotatable bonds is 7. The van der Waals surface area contributed by atoms with Crippen molar-refractivity contribution in [2.45, 2.75) is 51.1 Å². The Balaban J connectivity index is 2.22. The second-order valence-electron chi connectivity index (χ2n) is 4.51. The van der Waals surface area contributed by atoms with Crippen molar-refractivity contribution in [1.82, 2.24) is 16.0 Å². The molecule has 0 bridgehead atoms. The third-order valence-electron chi connectivity index (χ3n) is 3.20. The van der Waals surface area contributed by atoms with E-state index in [1.807, 2.05) is 7.05 Å². The summed E-state index contributed by atoms with van der Waals surface area (Å²) in [5.74, 6) is 0. The minimum atomic E-state index is 0.693. The summed E-state index contributed by atoms with van der Waals surface area (Å²) in [7, 11) is 2.01. The van der Waals surface area contributed by atoms with Crippen LogP contribution in [0.3, 0.4) is 0 Å². The third-order valence-corrected chi connectivity index (χ3v) is 3.20. The van der Waals surface area contributed by atoms with Crippen molar-refractivity contribution in [3.63, 3.8) is 0 Å². The second kappa shape index (κ2) is 8.08. The molecule has 1 aliphatic rings. The van der Waals surface area contributed by atoms with Crippen molar-refractivity contribution in [2.75, 3.05) is 26.7 Å². The van der Waals surface area contributed by atoms with Gasteiger partial charge in [0.15, 0.2) is 0 Å². The Morgan fingerprint density at radius 2 is 1.53 bits per heavy atom. The molecule has 0 amide bonds. The zero-order valence-electron chi connectivity index (χ0n) is 10.3. The monoisotopic (exact) mass is 213 g/mol. The zero-order valence-corrected chi connectivity index (χ0v) is 10.3. The molecule has 3 N–H and O–H groups in total. The molecule has 0 aromatic carbocycles. The smallest absolute Gasteiger partial charge is 0.0221 e. The molecule has 0 radical (unpaired) electrons. The summed E-state index contributed by atoms with van der Waals surface area (Å²) in [5.41, 5.74) is 0. The van der Waals surface area contributed by atoms with Crippen molar-refractivity contribution in [3.05, 3.63) is 0 Å². The Kier molecular flexibility index (Phi) is 6.98. The van der Waals surface area contributed by atoms with Gasteiger partial charge in [0.1, 0.15) is 0 Å². The molecule has 1 saturated carbocycles. The van der Waals surface area contributed by atoms with Crippen LogP contribution in [0.4, 0.5) is 0 Å². The van der Waals surface area contributed by atoms with E-state index in [-0.39, 0.29) is 0 Å². The molecule has 2 unspecified atom stereocenters. The van der Waals surface area contributed by atoms with Crippen LogP contribution in [-0.2, 0) is 0 Å². The molecule has 90 valence electrons. The number of hydrogen-bond donors (Lipinski definition) is 3. The first-order valence-corrected chi connectivity index (χ1v) is 6.49. The average Bonchev–Trinajstić information content (AvgIpc) is 2.28. The van der Waals surface area contributed by atoms with Gasteiger partial charge in [0.25, 0.3) is 0 Å². The molecule has 0 aliphatic heterocycles. The highest BCUT2D eigenvalue weighted by molar-refractivity contribution is 4.86. The summed E-state index contributed by atoms with van der Waals surface area (Å²) in [6, 6.07) is 1.40. The van der Waals surface area contributed by atoms with Crippen LogP contribution in [0, 0.1) is 0 Å². The SMILES string of the molecule is CCCNC1CCCCC1NCCNC. The molecule has 0 aromatic heterocycles. The maximum Gasteiger partial charge on any atom is 0.0221 e. The molecule has 1 fully saturated rings. The molecule has 3 nitrogen and oxygen atoms in total. The molecular formula is C12H27N3. The van der Waals surface area contributed by atoms with Crippen molar-refractivity contribution >= 4 is 0 Å². The fourth-order valence-corrected chi connectivity index (χ4v) is 2.33. The van der Waals surface area contributed by atoms with Crippen LogP contribution in [-0.4, -0.2) is 38.8 Å². The summed E-state index contributed by atoms with van der Waals surface area (Å²) >= 11 is 0. The van der Waals surface area contributed by atoms with Gasteiger partial charge in [0.2, 0.25) is 0 Å². The van der Waals surface area contributed by atoms with Crippen molar-refractivity contribution in [2.24, 2.45) is 0 Å². The topological polar surface area (TPSA) is 36.1 Å². The maximum absolute atomic E-state index is 3.67. The first kappa shape index (κ1) is 12.9. The lowest BCUT2D eigenvalue weighted by atomic mass is 9.90. The molecule has 0 saturated heterocycles. The Bertz CT molecular complexity index is 150. The predicted molar refractivity (Wildman–Crippen MR) is 66.3 cm³/mol. The third kappa shape index (κ3) is 4.96. The first-order valence-electron chi connectivity index (χ1n) is 6.49. The minimum absolute atomic E-state index is 0.693. The molecule has 0 aromatic rings. The minimum Gasteiger partial charge on any atom is -0.318 e. The molecular weight excluding hydrogens is 186 g/mol.